The van der Waals surface area contributed by atoms with Crippen LogP contribution in [0.15, 0.2) is 42.0 Å². The first-order chi connectivity index (χ1) is 25.9. The fraction of sp³-hybridized carbons (Fsp3) is 0.634. The van der Waals surface area contributed by atoms with Gasteiger partial charge in [0.05, 0.1) is 12.2 Å². The van der Waals surface area contributed by atoms with E-state index in [9.17, 15) is 29.1 Å². The van der Waals surface area contributed by atoms with Crippen LogP contribution in [0.2, 0.25) is 0 Å². The van der Waals surface area contributed by atoms with Gasteiger partial charge in [-0.2, -0.15) is 0 Å². The smallest absolute Gasteiger partial charge is 0.348 e. The standard InChI is InChI=1S/C41H56N2O11/c1-5-7-11-19-41(20-12-8-6-2)53-32-25-28(37(47)43-22-13-16-30(43)36(46)42-21-23-44)24-31(34(32)54-41)51-38(48)29-15-10-9-14-27(29)17-18-33(45)52-35-39(49)50-26-40(35,3)4/h9-10,14-15,17-18,25,30-32,34-35,44H,5-8,11-13,16,19-24,26H2,1-4H3,(H,42,46)/t30-,31-,32-,34+,35+/m1/s1. The molecule has 54 heavy (non-hydrogen) atoms. The first kappa shape index (κ1) is 41.1. The Kier molecular flexibility index (Phi) is 14.1. The van der Waals surface area contributed by atoms with Gasteiger partial charge in [-0.05, 0) is 49.5 Å². The van der Waals surface area contributed by atoms with Gasteiger partial charge in [0.1, 0.15) is 31.0 Å². The van der Waals surface area contributed by atoms with Crippen LogP contribution >= 0.6 is 0 Å². The fourth-order valence-electron chi connectivity index (χ4n) is 7.63. The van der Waals surface area contributed by atoms with Crippen LogP contribution in [0.1, 0.15) is 114 Å². The number of esters is 3. The molecule has 3 saturated heterocycles. The monoisotopic (exact) mass is 752 g/mol. The molecule has 0 saturated carbocycles. The molecule has 0 spiro atoms. The van der Waals surface area contributed by atoms with Gasteiger partial charge in [0, 0.05) is 49.4 Å². The van der Waals surface area contributed by atoms with Crippen molar-refractivity contribution >= 4 is 35.8 Å². The molecule has 3 fully saturated rings. The summed E-state index contributed by atoms with van der Waals surface area (Å²) in [5.41, 5.74) is 0.267. The summed E-state index contributed by atoms with van der Waals surface area (Å²) in [6.45, 7) is 8.23. The van der Waals surface area contributed by atoms with E-state index in [1.807, 2.05) is 0 Å². The van der Waals surface area contributed by atoms with Crippen molar-refractivity contribution in [2.24, 2.45) is 5.41 Å². The number of rotatable bonds is 17. The fourth-order valence-corrected chi connectivity index (χ4v) is 7.63. The highest BCUT2D eigenvalue weighted by molar-refractivity contribution is 5.98. The third-order valence-electron chi connectivity index (χ3n) is 10.6. The van der Waals surface area contributed by atoms with Gasteiger partial charge >= 0.3 is 17.9 Å². The number of aliphatic hydroxyl groups excluding tert-OH is 1. The lowest BCUT2D eigenvalue weighted by Crippen LogP contribution is -2.49. The SMILES string of the molecule is CCCCCC1(CCCCC)O[C@@H]2[C@@H](C=C(C(=O)N3CCC[C@@H]3C(=O)NCCO)C[C@H]2OC(=O)c2ccccc2C=CC(=O)O[C@H]2C(=O)OCC2(C)C)O1. The van der Waals surface area contributed by atoms with Crippen molar-refractivity contribution in [1.29, 1.82) is 0 Å². The van der Waals surface area contributed by atoms with Gasteiger partial charge in [-0.25, -0.2) is 14.4 Å². The second-order valence-corrected chi connectivity index (χ2v) is 15.3. The molecule has 3 aliphatic heterocycles. The molecule has 0 radical (unpaired) electrons. The first-order valence-corrected chi connectivity index (χ1v) is 19.5. The molecule has 1 aromatic rings. The van der Waals surface area contributed by atoms with Gasteiger partial charge in [-0.1, -0.05) is 71.6 Å². The van der Waals surface area contributed by atoms with E-state index in [2.05, 4.69) is 19.2 Å². The largest absolute Gasteiger partial charge is 0.462 e. The maximum Gasteiger partial charge on any atom is 0.348 e. The molecule has 296 valence electrons. The van der Waals surface area contributed by atoms with E-state index in [1.54, 1.807) is 49.1 Å². The topological polar surface area (TPSA) is 167 Å². The van der Waals surface area contributed by atoms with Crippen molar-refractivity contribution in [3.05, 3.63) is 53.1 Å². The lowest BCUT2D eigenvalue weighted by molar-refractivity contribution is -0.190. The first-order valence-electron chi connectivity index (χ1n) is 19.5. The van der Waals surface area contributed by atoms with E-state index in [1.165, 1.54) is 6.08 Å². The third-order valence-corrected chi connectivity index (χ3v) is 10.6. The van der Waals surface area contributed by atoms with E-state index in [4.69, 9.17) is 23.7 Å². The number of carbonyl (C=O) groups excluding carboxylic acids is 5. The van der Waals surface area contributed by atoms with Crippen LogP contribution in [0.25, 0.3) is 6.08 Å². The number of hydrogen-bond acceptors (Lipinski definition) is 11. The molecular formula is C41H56N2O11. The van der Waals surface area contributed by atoms with Gasteiger partial charge in [0.2, 0.25) is 17.9 Å². The lowest BCUT2D eigenvalue weighted by atomic mass is 9.90. The van der Waals surface area contributed by atoms with Crippen LogP contribution in [0, 0.1) is 5.41 Å². The predicted octanol–water partition coefficient (Wildman–Crippen LogP) is 4.79. The Morgan fingerprint density at radius 3 is 2.41 bits per heavy atom. The number of ether oxygens (including phenoxy) is 5. The number of nitrogens with zero attached hydrogens (tertiary/aromatic N) is 1. The van der Waals surface area contributed by atoms with E-state index in [0.717, 1.165) is 44.6 Å². The van der Waals surface area contributed by atoms with E-state index < -0.39 is 59.6 Å². The average molecular weight is 753 g/mol. The molecule has 0 aromatic heterocycles. The van der Waals surface area contributed by atoms with Crippen molar-refractivity contribution < 1.29 is 52.8 Å². The normalized spacial score (nSPS) is 25.6. The minimum Gasteiger partial charge on any atom is -0.462 e. The second-order valence-electron chi connectivity index (χ2n) is 15.3. The molecule has 2 N–H and O–H groups in total. The zero-order chi connectivity index (χ0) is 38.9. The number of cyclic esters (lactones) is 1. The summed E-state index contributed by atoms with van der Waals surface area (Å²) >= 11 is 0. The molecule has 3 heterocycles. The Hall–Kier alpha value is -4.07. The zero-order valence-corrected chi connectivity index (χ0v) is 32.0. The number of benzene rings is 1. The number of carbonyl (C=O) groups is 5. The van der Waals surface area contributed by atoms with Crippen LogP contribution < -0.4 is 5.32 Å². The second kappa shape index (κ2) is 18.5. The van der Waals surface area contributed by atoms with Gasteiger partial charge < -0.3 is 39.0 Å². The van der Waals surface area contributed by atoms with E-state index in [0.29, 0.717) is 43.4 Å². The Labute approximate surface area is 317 Å². The van der Waals surface area contributed by atoms with Crippen LogP contribution in [-0.2, 0) is 42.9 Å². The predicted molar refractivity (Wildman–Crippen MR) is 198 cm³/mol. The van der Waals surface area contributed by atoms with Crippen molar-refractivity contribution in [2.45, 2.75) is 135 Å². The summed E-state index contributed by atoms with van der Waals surface area (Å²) in [6.07, 6.45) is 9.44. The Balaban J connectivity index is 1.39. The van der Waals surface area contributed by atoms with Crippen LogP contribution in [0.4, 0.5) is 0 Å². The molecule has 1 aliphatic carbocycles. The number of unbranched alkanes of at least 4 members (excludes halogenated alkanes) is 4. The van der Waals surface area contributed by atoms with Gasteiger partial charge in [-0.3, -0.25) is 9.59 Å². The molecular weight excluding hydrogens is 696 g/mol. The van der Waals surface area contributed by atoms with Crippen molar-refractivity contribution in [1.82, 2.24) is 10.2 Å². The third kappa shape index (κ3) is 9.77. The van der Waals surface area contributed by atoms with Crippen molar-refractivity contribution in [3.8, 4) is 0 Å². The van der Waals surface area contributed by atoms with Gasteiger partial charge in [0.15, 0.2) is 5.79 Å². The molecule has 13 nitrogen and oxygen atoms in total. The van der Waals surface area contributed by atoms with Crippen LogP contribution in [-0.4, -0.2) is 102 Å². The maximum atomic E-state index is 14.2. The summed E-state index contributed by atoms with van der Waals surface area (Å²) in [6, 6.07) is 5.96. The number of fused-ring (bicyclic) bond motifs is 1. The summed E-state index contributed by atoms with van der Waals surface area (Å²) in [4.78, 5) is 67.6. The summed E-state index contributed by atoms with van der Waals surface area (Å²) in [5.74, 6) is -3.60. The zero-order valence-electron chi connectivity index (χ0n) is 32.0. The van der Waals surface area contributed by atoms with Crippen molar-refractivity contribution in [2.75, 3.05) is 26.3 Å². The van der Waals surface area contributed by atoms with Crippen LogP contribution in [0.3, 0.4) is 0 Å². The highest BCUT2D eigenvalue weighted by atomic mass is 16.8. The van der Waals surface area contributed by atoms with Gasteiger partial charge in [0.25, 0.3) is 0 Å². The van der Waals surface area contributed by atoms with E-state index in [-0.39, 0.29) is 43.6 Å². The molecule has 2 amide bonds. The average Bonchev–Trinajstić information content (AvgIpc) is 3.86. The highest BCUT2D eigenvalue weighted by Gasteiger charge is 2.53. The summed E-state index contributed by atoms with van der Waals surface area (Å²) < 4.78 is 30.2. The number of amides is 2. The Morgan fingerprint density at radius 2 is 1.74 bits per heavy atom. The van der Waals surface area contributed by atoms with Crippen LogP contribution in [0.5, 0.6) is 0 Å². The number of aliphatic hydroxyl groups is 1. The molecule has 13 heteroatoms. The summed E-state index contributed by atoms with van der Waals surface area (Å²) in [7, 11) is 0. The number of nitrogens with one attached hydrogen (secondary N) is 1. The van der Waals surface area contributed by atoms with Crippen molar-refractivity contribution in [3.63, 3.8) is 0 Å². The minimum absolute atomic E-state index is 0.0498. The summed E-state index contributed by atoms with van der Waals surface area (Å²) in [5, 5.41) is 11.9. The minimum atomic E-state index is -1.05. The molecule has 4 aliphatic rings. The van der Waals surface area contributed by atoms with E-state index >= 15 is 0 Å². The molecule has 5 rings (SSSR count). The highest BCUT2D eigenvalue weighted by Crippen LogP contribution is 2.44. The molecule has 0 bridgehead atoms. The molecule has 0 unspecified atom stereocenters. The Bertz CT molecular complexity index is 1580. The number of hydrogen-bond donors (Lipinski definition) is 2. The lowest BCUT2D eigenvalue weighted by Gasteiger charge is -2.33. The Morgan fingerprint density at radius 1 is 1.02 bits per heavy atom. The maximum absolute atomic E-state index is 14.2. The quantitative estimate of drug-likeness (QED) is 0.0973. The molecule has 1 aromatic carbocycles. The van der Waals surface area contributed by atoms with Gasteiger partial charge in [-0.15, -0.1) is 0 Å². The molecule has 5 atom stereocenters. The number of likely N-dealkylation sites (tertiary alicyclic amines) is 1.